The van der Waals surface area contributed by atoms with Crippen LogP contribution in [0.3, 0.4) is 0 Å². The van der Waals surface area contributed by atoms with Crippen LogP contribution in [0.25, 0.3) is 0 Å². The average Bonchev–Trinajstić information content (AvgIpc) is 2.76. The van der Waals surface area contributed by atoms with E-state index in [0.717, 1.165) is 16.9 Å². The Labute approximate surface area is 177 Å². The Hall–Kier alpha value is -2.61. The summed E-state index contributed by atoms with van der Waals surface area (Å²) in [5.41, 5.74) is 7.81. The highest BCUT2D eigenvalue weighted by Gasteiger charge is 2.36. The third kappa shape index (κ3) is 4.28. The number of primary amides is 1. The van der Waals surface area contributed by atoms with E-state index in [9.17, 15) is 9.90 Å². The minimum absolute atomic E-state index is 0.0204. The summed E-state index contributed by atoms with van der Waals surface area (Å²) in [6, 6.07) is 14.9. The molecule has 1 saturated heterocycles. The maximum absolute atomic E-state index is 12.2. The van der Waals surface area contributed by atoms with Gasteiger partial charge in [0.15, 0.2) is 17.6 Å². The Morgan fingerprint density at radius 1 is 1.07 bits per heavy atom. The number of carbonyl (C=O) groups excluding carboxylic acids is 1. The zero-order valence-electron chi connectivity index (χ0n) is 17.2. The number of benzene rings is 2. The normalized spacial score (nSPS) is 21.7. The van der Waals surface area contributed by atoms with E-state index in [0.29, 0.717) is 38.5 Å². The number of carbonyl (C=O) groups is 1. The molecule has 0 radical (unpaired) electrons. The number of nitrogens with two attached hydrogens (primary N) is 1. The predicted octanol–water partition coefficient (Wildman–Crippen LogP) is 1.34. The van der Waals surface area contributed by atoms with Crippen molar-refractivity contribution in [1.29, 1.82) is 0 Å². The van der Waals surface area contributed by atoms with E-state index in [1.54, 1.807) is 0 Å². The van der Waals surface area contributed by atoms with Crippen molar-refractivity contribution in [3.8, 4) is 11.5 Å². The number of hydrogen-bond acceptors (Lipinski definition) is 6. The molecule has 3 atom stereocenters. The third-order valence-corrected chi connectivity index (χ3v) is 5.99. The molecule has 0 spiro atoms. The van der Waals surface area contributed by atoms with Gasteiger partial charge in [0.2, 0.25) is 5.91 Å². The third-order valence-electron chi connectivity index (χ3n) is 5.99. The van der Waals surface area contributed by atoms with Crippen LogP contribution in [0.1, 0.15) is 17.2 Å². The first-order valence-corrected chi connectivity index (χ1v) is 10.4. The summed E-state index contributed by atoms with van der Waals surface area (Å²) in [5.74, 6) is 1.10. The highest BCUT2D eigenvalue weighted by atomic mass is 16.6. The molecule has 30 heavy (non-hydrogen) atoms. The lowest BCUT2D eigenvalue weighted by Crippen LogP contribution is -2.58. The zero-order chi connectivity index (χ0) is 21.1. The Morgan fingerprint density at radius 2 is 1.70 bits per heavy atom. The summed E-state index contributed by atoms with van der Waals surface area (Å²) < 4.78 is 12.0. The molecule has 1 amide bonds. The highest BCUT2D eigenvalue weighted by molar-refractivity contribution is 5.81. The second kappa shape index (κ2) is 9.04. The van der Waals surface area contributed by atoms with E-state index in [4.69, 9.17) is 15.2 Å². The molecule has 3 N–H and O–H groups in total. The van der Waals surface area contributed by atoms with Crippen molar-refractivity contribution in [2.75, 3.05) is 39.4 Å². The van der Waals surface area contributed by atoms with Crippen molar-refractivity contribution in [2.45, 2.75) is 25.1 Å². The SMILES string of the molecule is Cc1ccc(C(C(N)=O)N2CCN(C(CO)C3COc4ccccc4O3)CC2)cc1. The molecule has 0 aliphatic carbocycles. The second-order valence-electron chi connectivity index (χ2n) is 7.95. The minimum Gasteiger partial charge on any atom is -0.486 e. The molecule has 0 bridgehead atoms. The molecule has 160 valence electrons. The van der Waals surface area contributed by atoms with Crippen LogP contribution in [-0.2, 0) is 4.79 Å². The molecule has 2 aliphatic heterocycles. The van der Waals surface area contributed by atoms with Gasteiger partial charge in [0.05, 0.1) is 12.6 Å². The Morgan fingerprint density at radius 3 is 2.33 bits per heavy atom. The van der Waals surface area contributed by atoms with Gasteiger partial charge in [-0.15, -0.1) is 0 Å². The first-order valence-electron chi connectivity index (χ1n) is 10.4. The van der Waals surface area contributed by atoms with Crippen molar-refractivity contribution in [3.05, 3.63) is 59.7 Å². The van der Waals surface area contributed by atoms with Crippen LogP contribution >= 0.6 is 0 Å². The van der Waals surface area contributed by atoms with E-state index >= 15 is 0 Å². The van der Waals surface area contributed by atoms with Crippen LogP contribution in [-0.4, -0.2) is 72.4 Å². The number of nitrogens with zero attached hydrogens (tertiary/aromatic N) is 2. The molecule has 4 rings (SSSR count). The lowest BCUT2D eigenvalue weighted by molar-refractivity contribution is -0.124. The second-order valence-corrected chi connectivity index (χ2v) is 7.95. The quantitative estimate of drug-likeness (QED) is 0.746. The average molecular weight is 412 g/mol. The van der Waals surface area contributed by atoms with E-state index < -0.39 is 6.04 Å². The van der Waals surface area contributed by atoms with Gasteiger partial charge in [0.25, 0.3) is 0 Å². The molecular formula is C23H29N3O4. The number of para-hydroxylation sites is 2. The molecule has 3 unspecified atom stereocenters. The number of rotatable bonds is 6. The largest absolute Gasteiger partial charge is 0.486 e. The van der Waals surface area contributed by atoms with E-state index in [1.807, 2.05) is 55.5 Å². The van der Waals surface area contributed by atoms with Crippen molar-refractivity contribution in [3.63, 3.8) is 0 Å². The summed E-state index contributed by atoms with van der Waals surface area (Å²) in [7, 11) is 0. The molecular weight excluding hydrogens is 382 g/mol. The van der Waals surface area contributed by atoms with Gasteiger partial charge in [-0.25, -0.2) is 0 Å². The summed E-state index contributed by atoms with van der Waals surface area (Å²) in [5, 5.41) is 10.1. The maximum atomic E-state index is 12.2. The Bertz CT molecular complexity index is 865. The fourth-order valence-corrected chi connectivity index (χ4v) is 4.32. The molecule has 0 aromatic heterocycles. The van der Waals surface area contributed by atoms with Crippen LogP contribution in [0.2, 0.25) is 0 Å². The van der Waals surface area contributed by atoms with E-state index in [-0.39, 0.29) is 24.7 Å². The molecule has 2 heterocycles. The van der Waals surface area contributed by atoms with Gasteiger partial charge in [-0.3, -0.25) is 14.6 Å². The summed E-state index contributed by atoms with van der Waals surface area (Å²) >= 11 is 0. The predicted molar refractivity (Wildman–Crippen MR) is 113 cm³/mol. The van der Waals surface area contributed by atoms with Gasteiger partial charge < -0.3 is 20.3 Å². The van der Waals surface area contributed by atoms with Gasteiger partial charge in [-0.1, -0.05) is 42.0 Å². The number of hydrogen-bond donors (Lipinski definition) is 2. The Balaban J connectivity index is 1.41. The lowest BCUT2D eigenvalue weighted by Gasteiger charge is -2.43. The summed E-state index contributed by atoms with van der Waals surface area (Å²) in [4.78, 5) is 16.5. The number of aliphatic hydroxyl groups excluding tert-OH is 1. The van der Waals surface area contributed by atoms with Crippen LogP contribution in [0.4, 0.5) is 0 Å². The van der Waals surface area contributed by atoms with Crippen molar-refractivity contribution in [2.24, 2.45) is 5.73 Å². The van der Waals surface area contributed by atoms with Crippen LogP contribution in [0.15, 0.2) is 48.5 Å². The van der Waals surface area contributed by atoms with Crippen molar-refractivity contribution in [1.82, 2.24) is 9.80 Å². The molecule has 2 aromatic rings. The smallest absolute Gasteiger partial charge is 0.239 e. The number of ether oxygens (including phenoxy) is 2. The molecule has 1 fully saturated rings. The number of aryl methyl sites for hydroxylation is 1. The minimum atomic E-state index is -0.443. The van der Waals surface area contributed by atoms with Crippen molar-refractivity contribution >= 4 is 5.91 Å². The number of fused-ring (bicyclic) bond motifs is 1. The standard InChI is InChI=1S/C23H29N3O4/c1-16-6-8-17(9-7-16)22(23(24)28)26-12-10-25(11-13-26)18(14-27)21-15-29-19-4-2-3-5-20(19)30-21/h2-9,18,21-22,27H,10-15H2,1H3,(H2,24,28). The van der Waals surface area contributed by atoms with E-state index in [2.05, 4.69) is 9.80 Å². The van der Waals surface area contributed by atoms with Gasteiger partial charge >= 0.3 is 0 Å². The molecule has 7 heteroatoms. The van der Waals surface area contributed by atoms with Gasteiger partial charge in [-0.05, 0) is 24.6 Å². The van der Waals surface area contributed by atoms with Gasteiger partial charge in [-0.2, -0.15) is 0 Å². The Kier molecular flexibility index (Phi) is 6.22. The van der Waals surface area contributed by atoms with Crippen LogP contribution < -0.4 is 15.2 Å². The monoisotopic (exact) mass is 411 g/mol. The first kappa shape index (κ1) is 20.7. The summed E-state index contributed by atoms with van der Waals surface area (Å²) in [6.45, 7) is 5.18. The van der Waals surface area contributed by atoms with Crippen LogP contribution in [0, 0.1) is 6.92 Å². The molecule has 2 aliphatic rings. The molecule has 0 saturated carbocycles. The first-order chi connectivity index (χ1) is 14.6. The van der Waals surface area contributed by atoms with Gasteiger partial charge in [0.1, 0.15) is 12.6 Å². The highest BCUT2D eigenvalue weighted by Crippen LogP contribution is 2.32. The van der Waals surface area contributed by atoms with Crippen LogP contribution in [0.5, 0.6) is 11.5 Å². The number of piperazine rings is 1. The molecule has 7 nitrogen and oxygen atoms in total. The van der Waals surface area contributed by atoms with Crippen molar-refractivity contribution < 1.29 is 19.4 Å². The van der Waals surface area contributed by atoms with E-state index in [1.165, 1.54) is 0 Å². The number of amides is 1. The maximum Gasteiger partial charge on any atom is 0.239 e. The summed E-state index contributed by atoms with van der Waals surface area (Å²) in [6.07, 6.45) is -0.250. The fraction of sp³-hybridized carbons (Fsp3) is 0.435. The number of aliphatic hydroxyl groups is 1. The lowest BCUT2D eigenvalue weighted by atomic mass is 10.0. The molecule has 2 aromatic carbocycles. The fourth-order valence-electron chi connectivity index (χ4n) is 4.32. The van der Waals surface area contributed by atoms with Gasteiger partial charge in [0, 0.05) is 26.2 Å². The zero-order valence-corrected chi connectivity index (χ0v) is 17.2. The topological polar surface area (TPSA) is 88.3 Å².